The molecule has 13 heteroatoms. The summed E-state index contributed by atoms with van der Waals surface area (Å²) in [4.78, 5) is 23.3. The summed E-state index contributed by atoms with van der Waals surface area (Å²) in [7, 11) is -4.25. The van der Waals surface area contributed by atoms with Crippen molar-refractivity contribution >= 4 is 22.1 Å². The van der Waals surface area contributed by atoms with Crippen LogP contribution in [0.1, 0.15) is 40.0 Å². The molecule has 0 aliphatic carbocycles. The van der Waals surface area contributed by atoms with E-state index in [1.807, 2.05) is 0 Å². The fourth-order valence-electron chi connectivity index (χ4n) is 2.48. The van der Waals surface area contributed by atoms with Gasteiger partial charge in [0.1, 0.15) is 0 Å². The van der Waals surface area contributed by atoms with E-state index in [0.717, 1.165) is 10.4 Å². The molecule has 0 unspecified atom stereocenters. The van der Waals surface area contributed by atoms with Crippen LogP contribution in [0.2, 0.25) is 0 Å². The quantitative estimate of drug-likeness (QED) is 0.642. The largest absolute Gasteiger partial charge is 0.489 e. The third-order valence-electron chi connectivity index (χ3n) is 3.83. The Morgan fingerprint density at radius 1 is 1.18 bits per heavy atom. The SMILES string of the molecule is O=C(O)c1ccc(C(=O)NS(=O)(=O)N2CCCC2)c(OCCC(F)(F)F)c1F. The molecule has 0 atom stereocenters. The number of rotatable bonds is 7. The van der Waals surface area contributed by atoms with Crippen molar-refractivity contribution in [3.05, 3.63) is 29.1 Å². The van der Waals surface area contributed by atoms with E-state index in [1.54, 1.807) is 4.72 Å². The molecule has 0 radical (unpaired) electrons. The minimum atomic E-state index is -4.64. The summed E-state index contributed by atoms with van der Waals surface area (Å²) in [5.74, 6) is -5.75. The van der Waals surface area contributed by atoms with Crippen molar-refractivity contribution in [2.45, 2.75) is 25.4 Å². The van der Waals surface area contributed by atoms with Gasteiger partial charge in [0.2, 0.25) is 0 Å². The second kappa shape index (κ2) is 8.31. The van der Waals surface area contributed by atoms with Crippen LogP contribution < -0.4 is 9.46 Å². The van der Waals surface area contributed by atoms with Crippen molar-refractivity contribution in [2.24, 2.45) is 0 Å². The lowest BCUT2D eigenvalue weighted by molar-refractivity contribution is -0.139. The maximum absolute atomic E-state index is 14.4. The molecule has 1 aliphatic heterocycles. The molecule has 1 aliphatic rings. The predicted octanol–water partition coefficient (Wildman–Crippen LogP) is 1.93. The molecule has 1 saturated heterocycles. The van der Waals surface area contributed by atoms with Crippen molar-refractivity contribution < 1.29 is 45.4 Å². The van der Waals surface area contributed by atoms with Crippen LogP contribution in [0, 0.1) is 5.82 Å². The Morgan fingerprint density at radius 3 is 2.29 bits per heavy atom. The summed E-state index contributed by atoms with van der Waals surface area (Å²) in [5.41, 5.74) is -1.69. The summed E-state index contributed by atoms with van der Waals surface area (Å²) >= 11 is 0. The number of alkyl halides is 3. The number of nitrogens with zero attached hydrogens (tertiary/aromatic N) is 1. The molecule has 1 fully saturated rings. The molecule has 1 aromatic rings. The molecule has 28 heavy (non-hydrogen) atoms. The molecule has 1 aromatic carbocycles. The highest BCUT2D eigenvalue weighted by molar-refractivity contribution is 7.87. The van der Waals surface area contributed by atoms with E-state index in [9.17, 15) is 35.6 Å². The smallest absolute Gasteiger partial charge is 0.392 e. The van der Waals surface area contributed by atoms with Crippen LogP contribution in [0.3, 0.4) is 0 Å². The van der Waals surface area contributed by atoms with Gasteiger partial charge < -0.3 is 9.84 Å². The van der Waals surface area contributed by atoms with E-state index in [4.69, 9.17) is 5.11 Å². The maximum atomic E-state index is 14.4. The van der Waals surface area contributed by atoms with E-state index in [1.165, 1.54) is 0 Å². The summed E-state index contributed by atoms with van der Waals surface area (Å²) in [6.07, 6.45) is -4.95. The van der Waals surface area contributed by atoms with E-state index < -0.39 is 64.0 Å². The average molecular weight is 428 g/mol. The monoisotopic (exact) mass is 428 g/mol. The highest BCUT2D eigenvalue weighted by Crippen LogP contribution is 2.28. The number of halogens is 4. The van der Waals surface area contributed by atoms with Crippen LogP contribution in [0.25, 0.3) is 0 Å². The van der Waals surface area contributed by atoms with Gasteiger partial charge in [0.05, 0.1) is 24.2 Å². The number of nitrogens with one attached hydrogen (secondary N) is 1. The highest BCUT2D eigenvalue weighted by Gasteiger charge is 2.31. The van der Waals surface area contributed by atoms with E-state index >= 15 is 0 Å². The zero-order valence-electron chi connectivity index (χ0n) is 14.3. The zero-order chi connectivity index (χ0) is 21.1. The third-order valence-corrected chi connectivity index (χ3v) is 5.32. The number of ether oxygens (including phenoxy) is 1. The number of hydrogen-bond acceptors (Lipinski definition) is 5. The lowest BCUT2D eigenvalue weighted by Gasteiger charge is -2.18. The van der Waals surface area contributed by atoms with Crippen molar-refractivity contribution in [2.75, 3.05) is 19.7 Å². The van der Waals surface area contributed by atoms with Crippen LogP contribution in [0.4, 0.5) is 17.6 Å². The van der Waals surface area contributed by atoms with Gasteiger partial charge in [-0.2, -0.15) is 25.9 Å². The second-order valence-electron chi connectivity index (χ2n) is 5.86. The second-order valence-corrected chi connectivity index (χ2v) is 7.54. The van der Waals surface area contributed by atoms with Gasteiger partial charge in [0, 0.05) is 13.1 Å². The van der Waals surface area contributed by atoms with E-state index in [-0.39, 0.29) is 13.1 Å². The fourth-order valence-corrected chi connectivity index (χ4v) is 3.69. The van der Waals surface area contributed by atoms with Gasteiger partial charge >= 0.3 is 22.4 Å². The first-order valence-electron chi connectivity index (χ1n) is 8.00. The molecule has 0 saturated carbocycles. The van der Waals surface area contributed by atoms with Crippen LogP contribution >= 0.6 is 0 Å². The Balaban J connectivity index is 2.31. The number of carboxylic acid groups (broad SMARTS) is 1. The van der Waals surface area contributed by atoms with Crippen LogP contribution in [-0.4, -0.2) is 55.6 Å². The van der Waals surface area contributed by atoms with Crippen molar-refractivity contribution in [1.82, 2.24) is 9.03 Å². The van der Waals surface area contributed by atoms with Gasteiger partial charge in [-0.15, -0.1) is 0 Å². The number of carbonyl (C=O) groups excluding carboxylic acids is 1. The Bertz CT molecular complexity index is 866. The number of hydrogen-bond donors (Lipinski definition) is 2. The normalized spacial score (nSPS) is 15.4. The summed E-state index contributed by atoms with van der Waals surface area (Å²) in [5, 5.41) is 8.93. The number of carboxylic acids is 1. The van der Waals surface area contributed by atoms with Gasteiger partial charge in [-0.1, -0.05) is 0 Å². The molecule has 2 N–H and O–H groups in total. The first-order chi connectivity index (χ1) is 12.9. The van der Waals surface area contributed by atoms with E-state index in [0.29, 0.717) is 18.9 Å². The molecule has 0 aromatic heterocycles. The lowest BCUT2D eigenvalue weighted by atomic mass is 10.1. The van der Waals surface area contributed by atoms with Crippen molar-refractivity contribution in [1.29, 1.82) is 0 Å². The number of carbonyl (C=O) groups is 2. The Hall–Kier alpha value is -2.41. The van der Waals surface area contributed by atoms with Gasteiger partial charge in [-0.3, -0.25) is 4.79 Å². The fraction of sp³-hybridized carbons (Fsp3) is 0.467. The predicted molar refractivity (Wildman–Crippen MR) is 86.7 cm³/mol. The number of benzene rings is 1. The average Bonchev–Trinajstić information content (AvgIpc) is 3.09. The Labute approximate surface area is 157 Å². The molecular weight excluding hydrogens is 412 g/mol. The van der Waals surface area contributed by atoms with Crippen LogP contribution in [-0.2, 0) is 10.2 Å². The molecule has 2 rings (SSSR count). The first kappa shape index (κ1) is 21.9. The maximum Gasteiger partial charge on any atom is 0.392 e. The molecule has 8 nitrogen and oxygen atoms in total. The highest BCUT2D eigenvalue weighted by atomic mass is 32.2. The van der Waals surface area contributed by atoms with Crippen LogP contribution in [0.5, 0.6) is 5.75 Å². The zero-order valence-corrected chi connectivity index (χ0v) is 15.1. The molecule has 0 spiro atoms. The molecule has 0 bridgehead atoms. The molecule has 1 amide bonds. The van der Waals surface area contributed by atoms with Gasteiger partial charge in [0.15, 0.2) is 11.6 Å². The first-order valence-corrected chi connectivity index (χ1v) is 9.44. The Morgan fingerprint density at radius 2 is 1.75 bits per heavy atom. The summed E-state index contributed by atoms with van der Waals surface area (Å²) < 4.78 is 82.9. The lowest BCUT2D eigenvalue weighted by Crippen LogP contribution is -2.42. The third kappa shape index (κ3) is 5.32. The summed E-state index contributed by atoms with van der Waals surface area (Å²) in [6, 6.07) is 1.45. The van der Waals surface area contributed by atoms with Crippen LogP contribution in [0.15, 0.2) is 12.1 Å². The van der Waals surface area contributed by atoms with E-state index in [2.05, 4.69) is 4.74 Å². The van der Waals surface area contributed by atoms with Crippen molar-refractivity contribution in [3.8, 4) is 5.75 Å². The topological polar surface area (TPSA) is 113 Å². The number of amides is 1. The Kier molecular flexibility index (Phi) is 6.49. The molecule has 1 heterocycles. The van der Waals surface area contributed by atoms with Crippen molar-refractivity contribution in [3.63, 3.8) is 0 Å². The minimum Gasteiger partial charge on any atom is -0.489 e. The van der Waals surface area contributed by atoms with Gasteiger partial charge in [0.25, 0.3) is 5.91 Å². The molecule has 156 valence electrons. The molecular formula is C15H16F4N2O6S. The number of aromatic carboxylic acids is 1. The van der Waals surface area contributed by atoms with Gasteiger partial charge in [-0.25, -0.2) is 13.9 Å². The van der Waals surface area contributed by atoms with Gasteiger partial charge in [-0.05, 0) is 25.0 Å². The standard InChI is InChI=1S/C15H16F4N2O6S/c16-11-9(14(23)24)3-4-10(12(11)27-8-5-15(17,18)19)13(22)20-28(25,26)21-6-1-2-7-21/h3-4H,1-2,5-8H2,(H,20,22)(H,23,24). The minimum absolute atomic E-state index is 0.171. The summed E-state index contributed by atoms with van der Waals surface area (Å²) in [6.45, 7) is -0.754.